The number of carbonyl (C=O) groups is 2. The van der Waals surface area contributed by atoms with Crippen molar-refractivity contribution in [1.82, 2.24) is 4.98 Å². The van der Waals surface area contributed by atoms with Crippen molar-refractivity contribution in [2.45, 2.75) is 25.3 Å². The molecule has 144 valence electrons. The molecule has 0 radical (unpaired) electrons. The lowest BCUT2D eigenvalue weighted by molar-refractivity contribution is -0.113. The molecule has 1 N–H and O–H groups in total. The molecule has 3 aromatic rings. The summed E-state index contributed by atoms with van der Waals surface area (Å²) in [5.41, 5.74) is 4.32. The van der Waals surface area contributed by atoms with Crippen LogP contribution in [-0.2, 0) is 16.0 Å². The van der Waals surface area contributed by atoms with E-state index < -0.39 is 5.97 Å². The summed E-state index contributed by atoms with van der Waals surface area (Å²) in [5, 5.41) is 4.84. The van der Waals surface area contributed by atoms with Crippen LogP contribution in [-0.4, -0.2) is 29.7 Å². The topological polar surface area (TPSA) is 68.3 Å². The molecule has 1 heterocycles. The third-order valence-corrected chi connectivity index (χ3v) is 5.36. The van der Waals surface area contributed by atoms with Crippen LogP contribution in [0.4, 0.5) is 5.69 Å². The van der Waals surface area contributed by atoms with Crippen LogP contribution >= 0.6 is 11.8 Å². The Kier molecular flexibility index (Phi) is 6.31. The number of benzene rings is 2. The van der Waals surface area contributed by atoms with Gasteiger partial charge in [0.05, 0.1) is 23.9 Å². The molecule has 0 unspecified atom stereocenters. The van der Waals surface area contributed by atoms with Crippen LogP contribution in [0.25, 0.3) is 10.9 Å². The van der Waals surface area contributed by atoms with Gasteiger partial charge >= 0.3 is 5.97 Å². The van der Waals surface area contributed by atoms with Gasteiger partial charge in [-0.1, -0.05) is 30.8 Å². The minimum Gasteiger partial charge on any atom is -0.465 e. The van der Waals surface area contributed by atoms with Crippen molar-refractivity contribution in [3.8, 4) is 0 Å². The fraction of sp³-hybridized carbons (Fsp3) is 0.227. The fourth-order valence-electron chi connectivity index (χ4n) is 2.82. The maximum atomic E-state index is 12.3. The van der Waals surface area contributed by atoms with Crippen LogP contribution in [0.2, 0.25) is 0 Å². The second-order valence-corrected chi connectivity index (χ2v) is 7.37. The van der Waals surface area contributed by atoms with Gasteiger partial charge < -0.3 is 10.1 Å². The first-order chi connectivity index (χ1) is 13.5. The molecule has 6 heteroatoms. The molecule has 1 amide bonds. The van der Waals surface area contributed by atoms with Crippen molar-refractivity contribution >= 4 is 40.2 Å². The predicted molar refractivity (Wildman–Crippen MR) is 113 cm³/mol. The fourth-order valence-corrected chi connectivity index (χ4v) is 3.71. The van der Waals surface area contributed by atoms with Crippen molar-refractivity contribution in [3.63, 3.8) is 0 Å². The molecule has 1 aromatic heterocycles. The number of hydrogen-bond acceptors (Lipinski definition) is 5. The lowest BCUT2D eigenvalue weighted by atomic mass is 10.1. The number of fused-ring (bicyclic) bond motifs is 1. The van der Waals surface area contributed by atoms with Crippen molar-refractivity contribution in [2.75, 3.05) is 18.2 Å². The van der Waals surface area contributed by atoms with Gasteiger partial charge in [0.1, 0.15) is 5.03 Å². The van der Waals surface area contributed by atoms with Crippen LogP contribution in [0.1, 0.15) is 28.4 Å². The van der Waals surface area contributed by atoms with E-state index in [1.54, 1.807) is 24.3 Å². The lowest BCUT2D eigenvalue weighted by Crippen LogP contribution is -2.14. The third-order valence-electron chi connectivity index (χ3n) is 4.32. The van der Waals surface area contributed by atoms with E-state index in [9.17, 15) is 9.59 Å². The Morgan fingerprint density at radius 3 is 2.54 bits per heavy atom. The molecule has 0 atom stereocenters. The van der Waals surface area contributed by atoms with E-state index >= 15 is 0 Å². The summed E-state index contributed by atoms with van der Waals surface area (Å²) in [7, 11) is 1.34. The van der Waals surface area contributed by atoms with Gasteiger partial charge in [-0.25, -0.2) is 9.78 Å². The summed E-state index contributed by atoms with van der Waals surface area (Å²) in [6.45, 7) is 4.13. The van der Waals surface area contributed by atoms with Crippen molar-refractivity contribution in [2.24, 2.45) is 0 Å². The zero-order chi connectivity index (χ0) is 20.1. The van der Waals surface area contributed by atoms with Gasteiger partial charge in [0.15, 0.2) is 0 Å². The number of hydrogen-bond donors (Lipinski definition) is 1. The van der Waals surface area contributed by atoms with E-state index in [-0.39, 0.29) is 11.7 Å². The number of anilines is 1. The Balaban J connectivity index is 1.67. The van der Waals surface area contributed by atoms with Gasteiger partial charge in [-0.15, -0.1) is 0 Å². The number of nitrogens with one attached hydrogen (secondary N) is 1. The summed E-state index contributed by atoms with van der Waals surface area (Å²) in [4.78, 5) is 28.5. The molecule has 0 aliphatic rings. The molecule has 0 aliphatic heterocycles. The van der Waals surface area contributed by atoms with Crippen molar-refractivity contribution in [1.29, 1.82) is 0 Å². The number of ether oxygens (including phenoxy) is 1. The first-order valence-corrected chi connectivity index (χ1v) is 10.00. The minimum absolute atomic E-state index is 0.121. The number of aromatic nitrogens is 1. The zero-order valence-electron chi connectivity index (χ0n) is 16.1. The second kappa shape index (κ2) is 8.89. The molecule has 0 spiro atoms. The summed E-state index contributed by atoms with van der Waals surface area (Å²) in [6, 6.07) is 15.0. The highest BCUT2D eigenvalue weighted by Gasteiger charge is 2.11. The quantitative estimate of drug-likeness (QED) is 0.488. The van der Waals surface area contributed by atoms with Gasteiger partial charge in [0.2, 0.25) is 5.91 Å². The van der Waals surface area contributed by atoms with Gasteiger partial charge in [-0.3, -0.25) is 4.79 Å². The minimum atomic E-state index is -0.404. The first kappa shape index (κ1) is 19.9. The maximum Gasteiger partial charge on any atom is 0.337 e. The average Bonchev–Trinajstić information content (AvgIpc) is 2.71. The van der Waals surface area contributed by atoms with Crippen LogP contribution in [0.3, 0.4) is 0 Å². The number of rotatable bonds is 6. The highest BCUT2D eigenvalue weighted by atomic mass is 32.2. The largest absolute Gasteiger partial charge is 0.465 e. The summed E-state index contributed by atoms with van der Waals surface area (Å²) in [5.74, 6) is -0.266. The highest BCUT2D eigenvalue weighted by Crippen LogP contribution is 2.26. The predicted octanol–water partition coefficient (Wildman–Crippen LogP) is 4.62. The number of methoxy groups -OCH3 is 1. The first-order valence-electron chi connectivity index (χ1n) is 9.01. The Bertz CT molecular complexity index is 1020. The van der Waals surface area contributed by atoms with Crippen LogP contribution in [0, 0.1) is 6.92 Å². The highest BCUT2D eigenvalue weighted by molar-refractivity contribution is 8.00. The molecule has 28 heavy (non-hydrogen) atoms. The Morgan fingerprint density at radius 2 is 1.86 bits per heavy atom. The monoisotopic (exact) mass is 394 g/mol. The molecule has 0 saturated heterocycles. The standard InChI is InChI=1S/C22H22N2O3S/c1-4-15-12-17-6-5-14(2)11-19(17)24-21(15)28-13-20(25)23-18-9-7-16(8-10-18)22(26)27-3/h5-12H,4,13H2,1-3H3,(H,23,25). The summed E-state index contributed by atoms with van der Waals surface area (Å²) in [6.07, 6.45) is 0.857. The SMILES string of the molecule is CCc1cc2ccc(C)cc2nc1SCC(=O)Nc1ccc(C(=O)OC)cc1. The van der Waals surface area contributed by atoms with E-state index in [1.165, 1.54) is 18.9 Å². The molecule has 0 fully saturated rings. The molecule has 3 rings (SSSR count). The summed E-state index contributed by atoms with van der Waals surface area (Å²) >= 11 is 1.43. The normalized spacial score (nSPS) is 10.7. The molecule has 0 aliphatic carbocycles. The van der Waals surface area contributed by atoms with Gasteiger partial charge in [0.25, 0.3) is 0 Å². The van der Waals surface area contributed by atoms with E-state index in [2.05, 4.69) is 41.2 Å². The number of nitrogens with zero attached hydrogens (tertiary/aromatic N) is 1. The van der Waals surface area contributed by atoms with E-state index in [0.29, 0.717) is 11.3 Å². The average molecular weight is 394 g/mol. The molecule has 0 saturated carbocycles. The number of aryl methyl sites for hydroxylation is 2. The Hall–Kier alpha value is -2.86. The van der Waals surface area contributed by atoms with Gasteiger partial charge in [-0.2, -0.15) is 0 Å². The van der Waals surface area contributed by atoms with Crippen molar-refractivity contribution < 1.29 is 14.3 Å². The second-order valence-electron chi connectivity index (χ2n) is 6.41. The van der Waals surface area contributed by atoms with Gasteiger partial charge in [0, 0.05) is 11.1 Å². The number of thioether (sulfide) groups is 1. The van der Waals surface area contributed by atoms with Crippen molar-refractivity contribution in [3.05, 3.63) is 65.2 Å². The molecular formula is C22H22N2O3S. The number of amides is 1. The molecule has 2 aromatic carbocycles. The smallest absolute Gasteiger partial charge is 0.337 e. The van der Waals surface area contributed by atoms with E-state index in [0.717, 1.165) is 33.5 Å². The number of carbonyl (C=O) groups excluding carboxylic acids is 2. The van der Waals surface area contributed by atoms with Gasteiger partial charge in [-0.05, 0) is 60.9 Å². The van der Waals surface area contributed by atoms with Crippen LogP contribution in [0.15, 0.2) is 53.6 Å². The van der Waals surface area contributed by atoms with Crippen LogP contribution in [0.5, 0.6) is 0 Å². The summed E-state index contributed by atoms with van der Waals surface area (Å²) < 4.78 is 4.67. The molecule has 0 bridgehead atoms. The van der Waals surface area contributed by atoms with Crippen LogP contribution < -0.4 is 5.32 Å². The molecular weight excluding hydrogens is 372 g/mol. The third kappa shape index (κ3) is 4.70. The Labute approximate surface area is 168 Å². The zero-order valence-corrected chi connectivity index (χ0v) is 16.9. The molecule has 5 nitrogen and oxygen atoms in total. The number of pyridine rings is 1. The number of esters is 1. The maximum absolute atomic E-state index is 12.3. The van der Waals surface area contributed by atoms with E-state index in [1.807, 2.05) is 6.92 Å². The Morgan fingerprint density at radius 1 is 1.11 bits per heavy atom. The lowest BCUT2D eigenvalue weighted by Gasteiger charge is -2.10. The van der Waals surface area contributed by atoms with E-state index in [4.69, 9.17) is 4.98 Å².